The molecule has 0 unspecified atom stereocenters. The van der Waals surface area contributed by atoms with E-state index in [-0.39, 0.29) is 36.0 Å². The number of benzene rings is 1. The number of halogens is 4. The fraction of sp³-hybridized carbons (Fsp3) is 0.562. The van der Waals surface area contributed by atoms with Crippen molar-refractivity contribution >= 4 is 29.7 Å². The van der Waals surface area contributed by atoms with Crippen molar-refractivity contribution in [3.05, 3.63) is 33.9 Å². The standard InChI is InChI=1S/C16H21F3N4O3.ClH/c1-10(9-20)21-15(24)11-4-6-22(7-5-11)13-3-2-12(16(17,18)19)8-14(13)23(25)26;/h2-3,8,10-11H,4-7,9,20H2,1H3,(H,21,24);1H/t10-;/m0./s1. The van der Waals surface area contributed by atoms with E-state index in [0.29, 0.717) is 38.5 Å². The van der Waals surface area contributed by atoms with E-state index in [1.54, 1.807) is 11.8 Å². The number of carbonyl (C=O) groups excluding carboxylic acids is 1. The topological polar surface area (TPSA) is 102 Å². The van der Waals surface area contributed by atoms with Crippen LogP contribution in [0.2, 0.25) is 0 Å². The van der Waals surface area contributed by atoms with Gasteiger partial charge in [-0.2, -0.15) is 13.2 Å². The molecule has 0 radical (unpaired) electrons. The Morgan fingerprint density at radius 2 is 2.00 bits per heavy atom. The maximum absolute atomic E-state index is 12.8. The van der Waals surface area contributed by atoms with Gasteiger partial charge in [-0.3, -0.25) is 14.9 Å². The number of nitrogens with one attached hydrogen (secondary N) is 1. The fourth-order valence-corrected chi connectivity index (χ4v) is 2.92. The molecular weight excluding hydrogens is 389 g/mol. The van der Waals surface area contributed by atoms with E-state index in [4.69, 9.17) is 5.73 Å². The summed E-state index contributed by atoms with van der Waals surface area (Å²) < 4.78 is 38.4. The summed E-state index contributed by atoms with van der Waals surface area (Å²) in [6.07, 6.45) is -3.73. The summed E-state index contributed by atoms with van der Waals surface area (Å²) in [7, 11) is 0. The third-order valence-electron chi connectivity index (χ3n) is 4.45. The van der Waals surface area contributed by atoms with Crippen molar-refractivity contribution in [2.45, 2.75) is 32.0 Å². The van der Waals surface area contributed by atoms with Crippen LogP contribution in [0, 0.1) is 16.0 Å². The maximum atomic E-state index is 12.8. The number of amides is 1. The molecule has 1 aromatic carbocycles. The van der Waals surface area contributed by atoms with Crippen molar-refractivity contribution in [1.82, 2.24) is 5.32 Å². The summed E-state index contributed by atoms with van der Waals surface area (Å²) in [4.78, 5) is 24.2. The average molecular weight is 411 g/mol. The van der Waals surface area contributed by atoms with E-state index in [1.165, 1.54) is 0 Å². The first kappa shape index (κ1) is 23.0. The second-order valence-corrected chi connectivity index (χ2v) is 6.37. The molecule has 1 atom stereocenters. The lowest BCUT2D eigenvalue weighted by Crippen LogP contribution is -2.45. The van der Waals surface area contributed by atoms with Gasteiger partial charge in [0.05, 0.1) is 10.5 Å². The van der Waals surface area contributed by atoms with E-state index >= 15 is 0 Å². The van der Waals surface area contributed by atoms with Gasteiger partial charge in [-0.1, -0.05) is 0 Å². The highest BCUT2D eigenvalue weighted by molar-refractivity contribution is 5.85. The first-order valence-corrected chi connectivity index (χ1v) is 8.24. The van der Waals surface area contributed by atoms with Gasteiger partial charge in [0.25, 0.3) is 5.69 Å². The molecule has 2 rings (SSSR count). The Hall–Kier alpha value is -2.07. The van der Waals surface area contributed by atoms with E-state index in [2.05, 4.69) is 5.32 Å². The van der Waals surface area contributed by atoms with E-state index < -0.39 is 22.4 Å². The monoisotopic (exact) mass is 410 g/mol. The van der Waals surface area contributed by atoms with Crippen LogP contribution in [0.5, 0.6) is 0 Å². The lowest BCUT2D eigenvalue weighted by Gasteiger charge is -2.33. The second kappa shape index (κ2) is 9.23. The van der Waals surface area contributed by atoms with Crippen LogP contribution in [0.3, 0.4) is 0 Å². The number of alkyl halides is 3. The molecule has 0 aromatic heterocycles. The Bertz CT molecular complexity index is 679. The highest BCUT2D eigenvalue weighted by Crippen LogP contribution is 2.37. The van der Waals surface area contributed by atoms with Gasteiger partial charge in [-0.05, 0) is 31.9 Å². The highest BCUT2D eigenvalue weighted by Gasteiger charge is 2.35. The average Bonchev–Trinajstić information content (AvgIpc) is 2.60. The van der Waals surface area contributed by atoms with Crippen LogP contribution >= 0.6 is 12.4 Å². The molecule has 1 saturated heterocycles. The number of rotatable bonds is 5. The zero-order valence-electron chi connectivity index (χ0n) is 14.7. The Balaban J connectivity index is 0.00000364. The predicted octanol–water partition coefficient (Wildman–Crippen LogP) is 2.72. The number of piperidine rings is 1. The smallest absolute Gasteiger partial charge is 0.366 e. The molecule has 1 heterocycles. The van der Waals surface area contributed by atoms with E-state index in [1.807, 2.05) is 0 Å². The minimum atomic E-state index is -4.64. The lowest BCUT2D eigenvalue weighted by atomic mass is 9.95. The van der Waals surface area contributed by atoms with Gasteiger partial charge in [0.2, 0.25) is 5.91 Å². The van der Waals surface area contributed by atoms with Gasteiger partial charge in [-0.25, -0.2) is 0 Å². The Kier molecular flexibility index (Phi) is 7.85. The quantitative estimate of drug-likeness (QED) is 0.574. The van der Waals surface area contributed by atoms with Gasteiger partial charge in [0.15, 0.2) is 0 Å². The summed E-state index contributed by atoms with van der Waals surface area (Å²) in [6.45, 7) is 2.81. The van der Waals surface area contributed by atoms with Gasteiger partial charge in [-0.15, -0.1) is 12.4 Å². The van der Waals surface area contributed by atoms with Crippen LogP contribution in [0.25, 0.3) is 0 Å². The number of nitro benzene ring substituents is 1. The largest absolute Gasteiger partial charge is 0.416 e. The number of anilines is 1. The highest BCUT2D eigenvalue weighted by atomic mass is 35.5. The molecule has 1 amide bonds. The summed E-state index contributed by atoms with van der Waals surface area (Å²) in [6, 6.07) is 2.37. The zero-order valence-corrected chi connectivity index (χ0v) is 15.5. The molecule has 0 spiro atoms. The Morgan fingerprint density at radius 3 is 2.48 bits per heavy atom. The molecular formula is C16H22ClF3N4O3. The number of nitro groups is 1. The van der Waals surface area contributed by atoms with Crippen LogP contribution in [0.15, 0.2) is 18.2 Å². The minimum Gasteiger partial charge on any atom is -0.366 e. The van der Waals surface area contributed by atoms with Crippen LogP contribution in [-0.2, 0) is 11.0 Å². The van der Waals surface area contributed by atoms with Crippen molar-refractivity contribution in [3.8, 4) is 0 Å². The minimum absolute atomic E-state index is 0. The molecule has 1 aromatic rings. The molecule has 0 aliphatic carbocycles. The fourth-order valence-electron chi connectivity index (χ4n) is 2.92. The van der Waals surface area contributed by atoms with Crippen molar-refractivity contribution in [2.24, 2.45) is 11.7 Å². The van der Waals surface area contributed by atoms with Crippen LogP contribution in [-0.4, -0.2) is 36.5 Å². The molecule has 152 valence electrons. The number of nitrogens with zero attached hydrogens (tertiary/aromatic N) is 2. The summed E-state index contributed by atoms with van der Waals surface area (Å²) >= 11 is 0. The molecule has 1 aliphatic rings. The Morgan fingerprint density at radius 1 is 1.41 bits per heavy atom. The van der Waals surface area contributed by atoms with Crippen LogP contribution in [0.4, 0.5) is 24.5 Å². The third-order valence-corrected chi connectivity index (χ3v) is 4.45. The van der Waals surface area contributed by atoms with Gasteiger partial charge in [0, 0.05) is 37.7 Å². The van der Waals surface area contributed by atoms with Crippen molar-refractivity contribution in [3.63, 3.8) is 0 Å². The normalized spacial score (nSPS) is 16.4. The first-order valence-electron chi connectivity index (χ1n) is 8.24. The maximum Gasteiger partial charge on any atom is 0.416 e. The zero-order chi connectivity index (χ0) is 19.5. The molecule has 3 N–H and O–H groups in total. The SMILES string of the molecule is C[C@@H](CN)NC(=O)C1CCN(c2ccc(C(F)(F)F)cc2[N+](=O)[O-])CC1.Cl. The van der Waals surface area contributed by atoms with Gasteiger partial charge < -0.3 is 16.0 Å². The number of hydrogen-bond acceptors (Lipinski definition) is 5. The van der Waals surface area contributed by atoms with Gasteiger partial charge in [0.1, 0.15) is 5.69 Å². The van der Waals surface area contributed by atoms with Crippen LogP contribution < -0.4 is 16.0 Å². The second-order valence-electron chi connectivity index (χ2n) is 6.37. The number of nitrogens with two attached hydrogens (primary N) is 1. The van der Waals surface area contributed by atoms with Crippen LogP contribution in [0.1, 0.15) is 25.3 Å². The molecule has 1 fully saturated rings. The lowest BCUT2D eigenvalue weighted by molar-refractivity contribution is -0.384. The van der Waals surface area contributed by atoms with Gasteiger partial charge >= 0.3 is 6.18 Å². The molecule has 1 aliphatic heterocycles. The summed E-state index contributed by atoms with van der Waals surface area (Å²) in [5.74, 6) is -0.363. The molecule has 27 heavy (non-hydrogen) atoms. The molecule has 0 bridgehead atoms. The number of carbonyl (C=O) groups is 1. The van der Waals surface area contributed by atoms with Crippen molar-refractivity contribution in [2.75, 3.05) is 24.5 Å². The molecule has 0 saturated carbocycles. The van der Waals surface area contributed by atoms with E-state index in [9.17, 15) is 28.1 Å². The van der Waals surface area contributed by atoms with Crippen molar-refractivity contribution < 1.29 is 22.9 Å². The molecule has 7 nitrogen and oxygen atoms in total. The number of hydrogen-bond donors (Lipinski definition) is 2. The predicted molar refractivity (Wildman–Crippen MR) is 96.9 cm³/mol. The summed E-state index contributed by atoms with van der Waals surface area (Å²) in [5.41, 5.74) is 3.96. The first-order chi connectivity index (χ1) is 12.1. The Labute approximate surface area is 160 Å². The van der Waals surface area contributed by atoms with E-state index in [0.717, 1.165) is 12.1 Å². The molecule has 11 heteroatoms. The summed E-state index contributed by atoms with van der Waals surface area (Å²) in [5, 5.41) is 14.0. The third kappa shape index (κ3) is 5.70. The van der Waals surface area contributed by atoms with Crippen molar-refractivity contribution in [1.29, 1.82) is 0 Å².